The molecule has 2 unspecified atom stereocenters. The van der Waals surface area contributed by atoms with E-state index in [0.29, 0.717) is 0 Å². The molecule has 0 heterocycles. The van der Waals surface area contributed by atoms with Crippen molar-refractivity contribution in [2.75, 3.05) is 6.61 Å². The Morgan fingerprint density at radius 3 is 1.60 bits per heavy atom. The molecular formula is C12H20O12Zn. The van der Waals surface area contributed by atoms with Gasteiger partial charge in [-0.3, -0.25) is 0 Å². The molecular weight excluding hydrogens is 402 g/mol. The van der Waals surface area contributed by atoms with Gasteiger partial charge in [-0.1, -0.05) is 0 Å². The maximum absolute atomic E-state index is 11.1. The van der Waals surface area contributed by atoms with Crippen LogP contribution in [0.1, 0.15) is 13.8 Å². The normalized spacial score (nSPS) is 17.3. The molecule has 25 heavy (non-hydrogen) atoms. The molecule has 142 valence electrons. The van der Waals surface area contributed by atoms with Crippen LogP contribution in [0.3, 0.4) is 0 Å². The van der Waals surface area contributed by atoms with Crippen LogP contribution in [0, 0.1) is 0 Å². The number of esters is 1. The summed E-state index contributed by atoms with van der Waals surface area (Å²) in [5.74, 6) is -4.65. The van der Waals surface area contributed by atoms with Crippen molar-refractivity contribution in [3.05, 3.63) is 0 Å². The van der Waals surface area contributed by atoms with Gasteiger partial charge in [0, 0.05) is 0 Å². The quantitative estimate of drug-likeness (QED) is 0.159. The summed E-state index contributed by atoms with van der Waals surface area (Å²) in [5.41, 5.74) is 0. The van der Waals surface area contributed by atoms with Crippen LogP contribution in [-0.2, 0) is 38.6 Å². The maximum Gasteiger partial charge on any atom is 2.00 e. The van der Waals surface area contributed by atoms with E-state index in [4.69, 9.17) is 15.3 Å². The summed E-state index contributed by atoms with van der Waals surface area (Å²) in [7, 11) is 0. The van der Waals surface area contributed by atoms with Gasteiger partial charge in [0.1, 0.15) is 24.4 Å². The zero-order chi connectivity index (χ0) is 19.6. The second-order valence-electron chi connectivity index (χ2n) is 4.57. The van der Waals surface area contributed by atoms with Crippen molar-refractivity contribution in [3.63, 3.8) is 0 Å². The molecule has 0 radical (unpaired) electrons. The average Bonchev–Trinajstić information content (AvgIpc) is 2.51. The second kappa shape index (κ2) is 14.0. The first-order valence-electron chi connectivity index (χ1n) is 6.50. The Kier molecular flexibility index (Phi) is 16.0. The van der Waals surface area contributed by atoms with Gasteiger partial charge in [-0.15, -0.1) is 0 Å². The largest absolute Gasteiger partial charge is 2.00 e. The number of aliphatic hydroxyl groups excluding tert-OH is 6. The van der Waals surface area contributed by atoms with Crippen LogP contribution in [0.15, 0.2) is 0 Å². The van der Waals surface area contributed by atoms with Crippen LogP contribution in [0.2, 0.25) is 0 Å². The number of hydrogen-bond donors (Lipinski definition) is 6. The molecule has 0 saturated heterocycles. The summed E-state index contributed by atoms with van der Waals surface area (Å²) in [6, 6.07) is 0. The van der Waals surface area contributed by atoms with Crippen LogP contribution in [0.4, 0.5) is 0 Å². The molecule has 0 aliphatic rings. The summed E-state index contributed by atoms with van der Waals surface area (Å²) in [4.78, 5) is 30.7. The van der Waals surface area contributed by atoms with Crippen molar-refractivity contribution in [2.24, 2.45) is 0 Å². The first kappa shape index (κ1) is 28.6. The molecule has 13 heteroatoms. The van der Waals surface area contributed by atoms with Crippen molar-refractivity contribution in [1.29, 1.82) is 0 Å². The Morgan fingerprint density at radius 1 is 0.920 bits per heavy atom. The van der Waals surface area contributed by atoms with E-state index in [1.165, 1.54) is 0 Å². The van der Waals surface area contributed by atoms with Crippen LogP contribution in [-0.4, -0.2) is 91.8 Å². The topological polar surface area (TPSA) is 228 Å². The summed E-state index contributed by atoms with van der Waals surface area (Å²) >= 11 is 0. The molecule has 0 bridgehead atoms. The Morgan fingerprint density at radius 2 is 1.32 bits per heavy atom. The molecule has 0 fully saturated rings. The number of ether oxygens (including phenoxy) is 1. The standard InChI is InChI=1S/C9H16O9.C3H6O3.Zn/c1-3(8(15)16)18-9(17)7(14)6(13)5(12)4(11)2-10;1-2(4)3(5)6;/h3-7,10-14H,2H2,1H3,(H,15,16);2,4H,1H3,(H,5,6);/q;;+2/p-2/t3?,4-,5-,6+,7-;;/m1../s1. The molecule has 12 nitrogen and oxygen atoms in total. The van der Waals surface area contributed by atoms with Gasteiger partial charge in [0.25, 0.3) is 0 Å². The van der Waals surface area contributed by atoms with E-state index in [-0.39, 0.29) is 19.5 Å². The fourth-order valence-corrected chi connectivity index (χ4v) is 0.954. The van der Waals surface area contributed by atoms with E-state index in [1.807, 2.05) is 0 Å². The third-order valence-electron chi connectivity index (χ3n) is 2.46. The monoisotopic (exact) mass is 420 g/mol. The Labute approximate surface area is 155 Å². The summed E-state index contributed by atoms with van der Waals surface area (Å²) < 4.78 is 4.19. The van der Waals surface area contributed by atoms with Crippen molar-refractivity contribution in [2.45, 2.75) is 50.5 Å². The Bertz CT molecular complexity index is 415. The van der Waals surface area contributed by atoms with Crippen molar-refractivity contribution in [3.8, 4) is 0 Å². The molecule has 6 atom stereocenters. The van der Waals surface area contributed by atoms with Gasteiger partial charge in [-0.25, -0.2) is 4.79 Å². The van der Waals surface area contributed by atoms with E-state index in [1.54, 1.807) is 0 Å². The number of carboxylic acids is 2. The molecule has 0 amide bonds. The molecule has 0 rings (SSSR count). The SMILES string of the molecule is CC(O)C(=O)[O-].CC(OC(=O)[C@H](O)[C@@H](O)[C@H](O)[C@H](O)CO)C(=O)[O-].[Zn+2]. The number of carbonyl (C=O) groups is 3. The van der Waals surface area contributed by atoms with Gasteiger partial charge in [0.15, 0.2) is 6.10 Å². The van der Waals surface area contributed by atoms with E-state index >= 15 is 0 Å². The predicted molar refractivity (Wildman–Crippen MR) is 68.4 cm³/mol. The number of aliphatic carboxylic acids is 2. The van der Waals surface area contributed by atoms with Gasteiger partial charge in [0.2, 0.25) is 0 Å². The molecule has 6 N–H and O–H groups in total. The number of carbonyl (C=O) groups excluding carboxylic acids is 3. The van der Waals surface area contributed by atoms with Crippen molar-refractivity contribution in [1.82, 2.24) is 0 Å². The summed E-state index contributed by atoms with van der Waals surface area (Å²) in [6.07, 6.45) is -11.2. The molecule has 0 saturated carbocycles. The predicted octanol–water partition coefficient (Wildman–Crippen LogP) is -6.78. The fourth-order valence-electron chi connectivity index (χ4n) is 0.954. The molecule has 0 aliphatic heterocycles. The average molecular weight is 422 g/mol. The van der Waals surface area contributed by atoms with E-state index in [9.17, 15) is 39.9 Å². The summed E-state index contributed by atoms with van der Waals surface area (Å²) in [5, 5.41) is 72.7. The third-order valence-corrected chi connectivity index (χ3v) is 2.46. The minimum absolute atomic E-state index is 0. The number of hydrogen-bond acceptors (Lipinski definition) is 12. The van der Waals surface area contributed by atoms with Gasteiger partial charge >= 0.3 is 25.4 Å². The first-order valence-corrected chi connectivity index (χ1v) is 6.50. The molecule has 0 aromatic rings. The van der Waals surface area contributed by atoms with Crippen molar-refractivity contribution >= 4 is 17.9 Å². The first-order chi connectivity index (χ1) is 10.9. The second-order valence-corrected chi connectivity index (χ2v) is 4.57. The van der Waals surface area contributed by atoms with E-state index in [2.05, 4.69) is 4.74 Å². The molecule has 0 aromatic carbocycles. The van der Waals surface area contributed by atoms with Gasteiger partial charge in [-0.05, 0) is 13.8 Å². The smallest absolute Gasteiger partial charge is 0.547 e. The van der Waals surface area contributed by atoms with Crippen LogP contribution < -0.4 is 10.2 Å². The van der Waals surface area contributed by atoms with Crippen LogP contribution in [0.25, 0.3) is 0 Å². The fraction of sp³-hybridized carbons (Fsp3) is 0.750. The maximum atomic E-state index is 11.1. The Balaban J connectivity index is -0.000000592. The van der Waals surface area contributed by atoms with E-state index in [0.717, 1.165) is 13.8 Å². The van der Waals surface area contributed by atoms with Gasteiger partial charge < -0.3 is 55.2 Å². The van der Waals surface area contributed by atoms with Gasteiger partial charge in [0.05, 0.1) is 24.6 Å². The van der Waals surface area contributed by atoms with Crippen LogP contribution in [0.5, 0.6) is 0 Å². The molecule has 0 aliphatic carbocycles. The van der Waals surface area contributed by atoms with Crippen LogP contribution >= 0.6 is 0 Å². The molecule has 0 aromatic heterocycles. The van der Waals surface area contributed by atoms with E-state index < -0.39 is 61.1 Å². The minimum Gasteiger partial charge on any atom is -0.547 e. The summed E-state index contributed by atoms with van der Waals surface area (Å²) in [6.45, 7) is 1.19. The third kappa shape index (κ3) is 11.9. The zero-order valence-electron chi connectivity index (χ0n) is 13.5. The van der Waals surface area contributed by atoms with Crippen molar-refractivity contribution < 1.29 is 79.5 Å². The number of carboxylic acid groups (broad SMARTS) is 2. The minimum atomic E-state index is -2.28. The van der Waals surface area contributed by atoms with Gasteiger partial charge in [-0.2, -0.15) is 0 Å². The zero-order valence-corrected chi connectivity index (χ0v) is 16.5. The molecule has 0 spiro atoms. The Hall–Kier alpha value is -1.21. The number of rotatable bonds is 8. The number of aliphatic hydroxyl groups is 6.